The lowest BCUT2D eigenvalue weighted by molar-refractivity contribution is -0.143. The third-order valence-electron chi connectivity index (χ3n) is 11.4. The van der Waals surface area contributed by atoms with Gasteiger partial charge in [-0.1, -0.05) is 224 Å². The Morgan fingerprint density at radius 3 is 1.38 bits per heavy atom. The lowest BCUT2D eigenvalue weighted by atomic mass is 10.0. The summed E-state index contributed by atoms with van der Waals surface area (Å²) in [6, 6.07) is -0.628. The average Bonchev–Trinajstić information content (AvgIpc) is 3.22. The zero-order valence-electron chi connectivity index (χ0n) is 38.5. The standard InChI is InChI=1S/C52H97NO5/c1-3-5-7-9-11-13-14-22-26-30-34-38-42-46-52(57)58-47-43-39-35-31-27-24-21-19-17-15-16-18-20-23-25-29-33-37-41-45-51(56)53-49(48-54)50(55)44-40-36-32-28-12-10-8-6-4-2/h7,9,13-14,40,44,49-50,54-55H,3-6,8,10-12,15-39,41-43,45-48H2,1-2H3,(H,53,56)/b9-7-,14-13-,44-40+. The van der Waals surface area contributed by atoms with E-state index < -0.39 is 12.1 Å². The van der Waals surface area contributed by atoms with Gasteiger partial charge >= 0.3 is 5.97 Å². The van der Waals surface area contributed by atoms with Crippen molar-refractivity contribution in [1.29, 1.82) is 0 Å². The maximum Gasteiger partial charge on any atom is 0.305 e. The van der Waals surface area contributed by atoms with E-state index in [0.29, 0.717) is 19.4 Å². The van der Waals surface area contributed by atoms with E-state index in [2.05, 4.69) is 43.5 Å². The molecule has 0 radical (unpaired) electrons. The summed E-state index contributed by atoms with van der Waals surface area (Å²) in [7, 11) is 0. The number of amides is 1. The van der Waals surface area contributed by atoms with Gasteiger partial charge in [-0.15, -0.1) is 0 Å². The maximum atomic E-state index is 12.4. The Kier molecular flexibility index (Phi) is 46.2. The first kappa shape index (κ1) is 56.1. The molecule has 6 nitrogen and oxygen atoms in total. The second-order valence-electron chi connectivity index (χ2n) is 17.1. The number of ether oxygens (including phenoxy) is 1. The summed E-state index contributed by atoms with van der Waals surface area (Å²) < 4.78 is 5.45. The molecule has 0 aromatic rings. The molecule has 0 fully saturated rings. The molecule has 0 aliphatic carbocycles. The molecule has 0 saturated heterocycles. The van der Waals surface area contributed by atoms with Crippen LogP contribution in [0.3, 0.4) is 0 Å². The number of esters is 1. The number of carbonyl (C=O) groups is 2. The second-order valence-corrected chi connectivity index (χ2v) is 17.1. The molecule has 0 bridgehead atoms. The lowest BCUT2D eigenvalue weighted by Crippen LogP contribution is -2.45. The molecule has 0 aromatic carbocycles. The van der Waals surface area contributed by atoms with Crippen LogP contribution in [-0.4, -0.2) is 47.4 Å². The Morgan fingerprint density at radius 2 is 0.897 bits per heavy atom. The zero-order chi connectivity index (χ0) is 42.3. The number of hydrogen-bond donors (Lipinski definition) is 3. The highest BCUT2D eigenvalue weighted by Gasteiger charge is 2.18. The van der Waals surface area contributed by atoms with Crippen molar-refractivity contribution in [2.75, 3.05) is 13.2 Å². The van der Waals surface area contributed by atoms with E-state index in [1.807, 2.05) is 6.08 Å². The fourth-order valence-electron chi connectivity index (χ4n) is 7.49. The maximum absolute atomic E-state index is 12.4. The predicted octanol–water partition coefficient (Wildman–Crippen LogP) is 14.9. The first-order valence-electron chi connectivity index (χ1n) is 25.3. The lowest BCUT2D eigenvalue weighted by Gasteiger charge is -2.20. The SMILES string of the molecule is CCC/C=C\C/C=C\CCCCCCCC(=O)OCCCCCCCCCCCCCCCCCCCCCC(=O)NC(CO)C(O)/C=C/CCCCCCCCC. The molecule has 58 heavy (non-hydrogen) atoms. The van der Waals surface area contributed by atoms with Crippen molar-refractivity contribution in [2.24, 2.45) is 0 Å². The fraction of sp³-hybridized carbons (Fsp3) is 0.846. The topological polar surface area (TPSA) is 95.9 Å². The molecule has 340 valence electrons. The van der Waals surface area contributed by atoms with Crippen molar-refractivity contribution < 1.29 is 24.5 Å². The molecular formula is C52H97NO5. The van der Waals surface area contributed by atoms with Crippen LogP contribution in [0.1, 0.15) is 258 Å². The van der Waals surface area contributed by atoms with E-state index in [4.69, 9.17) is 4.74 Å². The molecule has 0 aromatic heterocycles. The van der Waals surface area contributed by atoms with Gasteiger partial charge in [0.1, 0.15) is 0 Å². The summed E-state index contributed by atoms with van der Waals surface area (Å²) in [6.45, 7) is 4.79. The largest absolute Gasteiger partial charge is 0.466 e. The number of rotatable bonds is 46. The Labute approximate surface area is 360 Å². The quantitative estimate of drug-likeness (QED) is 0.0323. The number of aliphatic hydroxyl groups is 2. The minimum absolute atomic E-state index is 0.00802. The molecule has 2 atom stereocenters. The first-order chi connectivity index (χ1) is 28.5. The van der Waals surface area contributed by atoms with Crippen molar-refractivity contribution in [3.63, 3.8) is 0 Å². The van der Waals surface area contributed by atoms with E-state index in [1.165, 1.54) is 180 Å². The molecule has 0 saturated carbocycles. The molecule has 0 heterocycles. The summed E-state index contributed by atoms with van der Waals surface area (Å²) >= 11 is 0. The minimum atomic E-state index is -0.844. The number of nitrogens with one attached hydrogen (secondary N) is 1. The predicted molar refractivity (Wildman–Crippen MR) is 250 cm³/mol. The van der Waals surface area contributed by atoms with Crippen LogP contribution in [0.5, 0.6) is 0 Å². The van der Waals surface area contributed by atoms with Crippen LogP contribution in [0, 0.1) is 0 Å². The number of allylic oxidation sites excluding steroid dienone is 5. The Hall–Kier alpha value is -1.92. The van der Waals surface area contributed by atoms with E-state index >= 15 is 0 Å². The van der Waals surface area contributed by atoms with E-state index in [9.17, 15) is 19.8 Å². The van der Waals surface area contributed by atoms with Gasteiger partial charge in [-0.3, -0.25) is 9.59 Å². The van der Waals surface area contributed by atoms with Crippen LogP contribution in [0.15, 0.2) is 36.5 Å². The summed E-state index contributed by atoms with van der Waals surface area (Å²) in [5.41, 5.74) is 0. The first-order valence-corrected chi connectivity index (χ1v) is 25.3. The van der Waals surface area contributed by atoms with Gasteiger partial charge in [-0.2, -0.15) is 0 Å². The van der Waals surface area contributed by atoms with E-state index in [1.54, 1.807) is 6.08 Å². The van der Waals surface area contributed by atoms with Crippen LogP contribution >= 0.6 is 0 Å². The van der Waals surface area contributed by atoms with Gasteiger partial charge < -0.3 is 20.3 Å². The molecule has 2 unspecified atom stereocenters. The summed E-state index contributed by atoms with van der Waals surface area (Å²) in [4.78, 5) is 24.4. The van der Waals surface area contributed by atoms with Crippen molar-refractivity contribution in [1.82, 2.24) is 5.32 Å². The summed E-state index contributed by atoms with van der Waals surface area (Å²) in [5.74, 6) is -0.0828. The van der Waals surface area contributed by atoms with Crippen LogP contribution in [0.2, 0.25) is 0 Å². The molecule has 0 aliphatic heterocycles. The highest BCUT2D eigenvalue weighted by Crippen LogP contribution is 2.16. The molecule has 3 N–H and O–H groups in total. The second kappa shape index (κ2) is 47.8. The number of unbranched alkanes of at least 4 members (excludes halogenated alkanes) is 31. The van der Waals surface area contributed by atoms with Crippen LogP contribution < -0.4 is 5.32 Å². The molecule has 0 aliphatic rings. The summed E-state index contributed by atoms with van der Waals surface area (Å²) in [5, 5.41) is 22.9. The third-order valence-corrected chi connectivity index (χ3v) is 11.4. The van der Waals surface area contributed by atoms with Crippen molar-refractivity contribution in [3.05, 3.63) is 36.5 Å². The third kappa shape index (κ3) is 43.7. The highest BCUT2D eigenvalue weighted by atomic mass is 16.5. The number of hydrogen-bond acceptors (Lipinski definition) is 5. The van der Waals surface area contributed by atoms with Gasteiger partial charge in [0.05, 0.1) is 25.4 Å². The van der Waals surface area contributed by atoms with Gasteiger partial charge in [0.2, 0.25) is 5.91 Å². The average molecular weight is 816 g/mol. The van der Waals surface area contributed by atoms with E-state index in [0.717, 1.165) is 51.4 Å². The van der Waals surface area contributed by atoms with Crippen LogP contribution in [-0.2, 0) is 14.3 Å². The molecule has 0 rings (SSSR count). The Morgan fingerprint density at radius 1 is 0.483 bits per heavy atom. The van der Waals surface area contributed by atoms with Gasteiger partial charge in [0, 0.05) is 12.8 Å². The molecule has 6 heteroatoms. The number of aliphatic hydroxyl groups excluding tert-OH is 2. The molecule has 1 amide bonds. The molecular weight excluding hydrogens is 719 g/mol. The smallest absolute Gasteiger partial charge is 0.305 e. The van der Waals surface area contributed by atoms with Crippen molar-refractivity contribution >= 4 is 11.9 Å². The Bertz CT molecular complexity index is 946. The van der Waals surface area contributed by atoms with Crippen molar-refractivity contribution in [3.8, 4) is 0 Å². The minimum Gasteiger partial charge on any atom is -0.466 e. The summed E-state index contributed by atoms with van der Waals surface area (Å²) in [6.07, 6.45) is 57.2. The van der Waals surface area contributed by atoms with Crippen molar-refractivity contribution in [2.45, 2.75) is 270 Å². The van der Waals surface area contributed by atoms with Gasteiger partial charge in [0.15, 0.2) is 0 Å². The normalized spacial score (nSPS) is 13.0. The zero-order valence-corrected chi connectivity index (χ0v) is 38.5. The van der Waals surface area contributed by atoms with Crippen LogP contribution in [0.4, 0.5) is 0 Å². The van der Waals surface area contributed by atoms with Crippen LogP contribution in [0.25, 0.3) is 0 Å². The Balaban J connectivity index is 3.41. The monoisotopic (exact) mass is 816 g/mol. The van der Waals surface area contributed by atoms with E-state index in [-0.39, 0.29) is 18.5 Å². The van der Waals surface area contributed by atoms with Gasteiger partial charge in [-0.05, 0) is 57.8 Å². The number of carbonyl (C=O) groups excluding carboxylic acids is 2. The van der Waals surface area contributed by atoms with Gasteiger partial charge in [-0.25, -0.2) is 0 Å². The van der Waals surface area contributed by atoms with Gasteiger partial charge in [0.25, 0.3) is 0 Å². The molecule has 0 spiro atoms. The highest BCUT2D eigenvalue weighted by molar-refractivity contribution is 5.76. The fourth-order valence-corrected chi connectivity index (χ4v) is 7.49.